The van der Waals surface area contributed by atoms with Crippen LogP contribution in [0, 0.1) is 12.8 Å². The van der Waals surface area contributed by atoms with Crippen molar-refractivity contribution in [1.29, 1.82) is 0 Å². The number of rotatable bonds is 9. The normalized spacial score (nSPS) is 17.6. The summed E-state index contributed by atoms with van der Waals surface area (Å²) in [4.78, 5) is 29.9. The number of esters is 1. The zero-order valence-corrected chi connectivity index (χ0v) is 21.7. The quantitative estimate of drug-likeness (QED) is 0.439. The van der Waals surface area contributed by atoms with Gasteiger partial charge in [0.1, 0.15) is 18.0 Å². The molecule has 0 unspecified atom stereocenters. The Kier molecular flexibility index (Phi) is 7.92. The van der Waals surface area contributed by atoms with Crippen LogP contribution in [-0.4, -0.2) is 57.2 Å². The second-order valence-electron chi connectivity index (χ2n) is 10.0. The minimum atomic E-state index is -0.433. The summed E-state index contributed by atoms with van der Waals surface area (Å²) in [5.74, 6) is 0.500. The molecule has 4 rings (SSSR count). The van der Waals surface area contributed by atoms with Gasteiger partial charge in [-0.3, -0.25) is 9.59 Å². The second-order valence-corrected chi connectivity index (χ2v) is 10.0. The molecular formula is C27H36N4O5. The Hall–Kier alpha value is -3.01. The third-order valence-corrected chi connectivity index (χ3v) is 6.70. The first-order valence-corrected chi connectivity index (χ1v) is 12.5. The van der Waals surface area contributed by atoms with E-state index in [0.717, 1.165) is 28.6 Å². The zero-order valence-electron chi connectivity index (χ0n) is 21.7. The van der Waals surface area contributed by atoms with E-state index in [0.29, 0.717) is 31.1 Å². The van der Waals surface area contributed by atoms with Crippen LogP contribution in [0.3, 0.4) is 0 Å². The third-order valence-electron chi connectivity index (χ3n) is 6.70. The van der Waals surface area contributed by atoms with E-state index in [9.17, 15) is 14.7 Å². The Balaban J connectivity index is 1.61. The van der Waals surface area contributed by atoms with Crippen LogP contribution in [0.2, 0.25) is 0 Å². The van der Waals surface area contributed by atoms with Crippen LogP contribution in [0.1, 0.15) is 44.4 Å². The van der Waals surface area contributed by atoms with Gasteiger partial charge in [0.05, 0.1) is 36.9 Å². The van der Waals surface area contributed by atoms with E-state index in [1.807, 2.05) is 49.6 Å². The molecule has 3 aromatic rings. The first-order valence-electron chi connectivity index (χ1n) is 12.5. The lowest BCUT2D eigenvalue weighted by molar-refractivity contribution is -0.152. The van der Waals surface area contributed by atoms with Gasteiger partial charge in [0.25, 0.3) is 5.56 Å². The fourth-order valence-electron chi connectivity index (χ4n) is 4.65. The number of hydrogen-bond donors (Lipinski definition) is 2. The van der Waals surface area contributed by atoms with Crippen molar-refractivity contribution in [2.45, 2.75) is 58.8 Å². The first-order chi connectivity index (χ1) is 17.2. The summed E-state index contributed by atoms with van der Waals surface area (Å²) >= 11 is 0. The number of carbonyl (C=O) groups excluding carboxylic acids is 1. The molecule has 36 heavy (non-hydrogen) atoms. The van der Waals surface area contributed by atoms with Crippen molar-refractivity contribution in [2.75, 3.05) is 19.8 Å². The second kappa shape index (κ2) is 10.9. The van der Waals surface area contributed by atoms with Gasteiger partial charge >= 0.3 is 5.97 Å². The fourth-order valence-corrected chi connectivity index (χ4v) is 4.65. The number of ether oxygens (including phenoxy) is 2. The molecule has 1 aliphatic heterocycles. The molecule has 0 bridgehead atoms. The van der Waals surface area contributed by atoms with E-state index in [1.165, 1.54) is 0 Å². The van der Waals surface area contributed by atoms with Crippen LogP contribution in [0.15, 0.2) is 35.3 Å². The molecule has 0 aliphatic carbocycles. The van der Waals surface area contributed by atoms with Crippen molar-refractivity contribution in [3.8, 4) is 11.4 Å². The van der Waals surface area contributed by atoms with Gasteiger partial charge in [-0.2, -0.15) is 0 Å². The molecule has 194 valence electrons. The van der Waals surface area contributed by atoms with Crippen LogP contribution in [0.5, 0.6) is 0 Å². The van der Waals surface area contributed by atoms with Crippen molar-refractivity contribution in [3.05, 3.63) is 51.9 Å². The lowest BCUT2D eigenvalue weighted by atomic mass is 10.0. The molecular weight excluding hydrogens is 460 g/mol. The number of pyridine rings is 1. The van der Waals surface area contributed by atoms with Crippen molar-refractivity contribution >= 4 is 17.0 Å². The summed E-state index contributed by atoms with van der Waals surface area (Å²) in [6.07, 6.45) is 2.34. The summed E-state index contributed by atoms with van der Waals surface area (Å²) in [7, 11) is 1.72. The summed E-state index contributed by atoms with van der Waals surface area (Å²) in [5.41, 5.74) is 4.04. The SMILES string of the molecule is Cc1cc(-c2nc3cc(CN[C@H](C(=O)O[C@H]4CCOC4)C(C)C)ccc3n2[C@@H](C)CO)cn(C)c1=O. The van der Waals surface area contributed by atoms with Gasteiger partial charge in [-0.25, -0.2) is 4.98 Å². The molecule has 1 saturated heterocycles. The summed E-state index contributed by atoms with van der Waals surface area (Å²) in [5, 5.41) is 13.3. The zero-order chi connectivity index (χ0) is 26.0. The smallest absolute Gasteiger partial charge is 0.323 e. The van der Waals surface area contributed by atoms with E-state index in [-0.39, 0.29) is 36.2 Å². The van der Waals surface area contributed by atoms with Crippen molar-refractivity contribution in [3.63, 3.8) is 0 Å². The van der Waals surface area contributed by atoms with Gasteiger partial charge in [-0.1, -0.05) is 19.9 Å². The Morgan fingerprint density at radius 1 is 1.31 bits per heavy atom. The van der Waals surface area contributed by atoms with Crippen LogP contribution in [-0.2, 0) is 27.9 Å². The number of imidazole rings is 1. The van der Waals surface area contributed by atoms with Gasteiger partial charge in [0.15, 0.2) is 0 Å². The van der Waals surface area contributed by atoms with Gasteiger partial charge in [-0.05, 0) is 43.5 Å². The molecule has 1 aromatic carbocycles. The maximum Gasteiger partial charge on any atom is 0.323 e. The van der Waals surface area contributed by atoms with Crippen molar-refractivity contribution in [1.82, 2.24) is 19.4 Å². The van der Waals surface area contributed by atoms with Gasteiger partial charge in [-0.15, -0.1) is 0 Å². The highest BCUT2D eigenvalue weighted by atomic mass is 16.6. The van der Waals surface area contributed by atoms with Gasteiger partial charge < -0.3 is 29.0 Å². The summed E-state index contributed by atoms with van der Waals surface area (Å²) in [6, 6.07) is 7.18. The Morgan fingerprint density at radius 3 is 2.72 bits per heavy atom. The summed E-state index contributed by atoms with van der Waals surface area (Å²) < 4.78 is 14.5. The summed E-state index contributed by atoms with van der Waals surface area (Å²) in [6.45, 7) is 9.22. The van der Waals surface area contributed by atoms with E-state index < -0.39 is 6.04 Å². The number of aromatic nitrogens is 3. The lowest BCUT2D eigenvalue weighted by Gasteiger charge is -2.22. The van der Waals surface area contributed by atoms with E-state index in [2.05, 4.69) is 5.32 Å². The van der Waals surface area contributed by atoms with Crippen LogP contribution < -0.4 is 10.9 Å². The largest absolute Gasteiger partial charge is 0.459 e. The van der Waals surface area contributed by atoms with Gasteiger partial charge in [0.2, 0.25) is 0 Å². The third kappa shape index (κ3) is 5.38. The molecule has 0 amide bonds. The molecule has 9 nitrogen and oxygen atoms in total. The monoisotopic (exact) mass is 496 g/mol. The average molecular weight is 497 g/mol. The number of aryl methyl sites for hydroxylation is 2. The number of fused-ring (bicyclic) bond motifs is 1. The number of aliphatic hydroxyl groups excluding tert-OH is 1. The topological polar surface area (TPSA) is 108 Å². The molecule has 0 saturated carbocycles. The molecule has 1 fully saturated rings. The predicted molar refractivity (Wildman–Crippen MR) is 138 cm³/mol. The number of hydrogen-bond acceptors (Lipinski definition) is 7. The number of nitrogens with one attached hydrogen (secondary N) is 1. The van der Waals surface area contributed by atoms with Crippen LogP contribution in [0.4, 0.5) is 0 Å². The molecule has 2 aromatic heterocycles. The highest BCUT2D eigenvalue weighted by Crippen LogP contribution is 2.29. The van der Waals surface area contributed by atoms with E-state index in [4.69, 9.17) is 14.5 Å². The molecule has 2 N–H and O–H groups in total. The van der Waals surface area contributed by atoms with Crippen LogP contribution >= 0.6 is 0 Å². The predicted octanol–water partition coefficient (Wildman–Crippen LogP) is 2.71. The lowest BCUT2D eigenvalue weighted by Crippen LogP contribution is -2.43. The first kappa shape index (κ1) is 26.1. The molecule has 9 heteroatoms. The maximum absolute atomic E-state index is 12.8. The molecule has 3 heterocycles. The Bertz CT molecular complexity index is 1260. The standard InChI is InChI=1S/C27H36N4O5/c1-16(2)24(27(34)36-21-8-9-35-15-21)28-12-19-6-7-23-22(11-19)29-25(31(23)18(4)14-32)20-10-17(3)26(33)30(5)13-20/h6-7,10-11,13,16,18,21,24,28,32H,8-9,12,14-15H2,1-5H3/t18-,21-,24-/m0/s1. The molecule has 0 radical (unpaired) electrons. The molecule has 3 atom stereocenters. The molecule has 0 spiro atoms. The molecule has 1 aliphatic rings. The number of carbonyl (C=O) groups is 1. The van der Waals surface area contributed by atoms with Crippen LogP contribution in [0.25, 0.3) is 22.4 Å². The van der Waals surface area contributed by atoms with Crippen molar-refractivity contribution < 1.29 is 19.4 Å². The van der Waals surface area contributed by atoms with Gasteiger partial charge in [0, 0.05) is 37.3 Å². The van der Waals surface area contributed by atoms with Crippen molar-refractivity contribution in [2.24, 2.45) is 13.0 Å². The van der Waals surface area contributed by atoms with E-state index in [1.54, 1.807) is 24.7 Å². The average Bonchev–Trinajstić information content (AvgIpc) is 3.49. The number of nitrogens with zero attached hydrogens (tertiary/aromatic N) is 3. The highest BCUT2D eigenvalue weighted by molar-refractivity contribution is 5.81. The highest BCUT2D eigenvalue weighted by Gasteiger charge is 2.28. The minimum absolute atomic E-state index is 0.0449. The van der Waals surface area contributed by atoms with E-state index >= 15 is 0 Å². The Labute approximate surface area is 211 Å². The number of aliphatic hydroxyl groups is 1. The minimum Gasteiger partial charge on any atom is -0.459 e. The fraction of sp³-hybridized carbons (Fsp3) is 0.519. The maximum atomic E-state index is 12.8. The Morgan fingerprint density at radius 2 is 2.08 bits per heavy atom. The number of benzene rings is 1.